The zero-order chi connectivity index (χ0) is 12.4. The van der Waals surface area contributed by atoms with Crippen molar-refractivity contribution in [3.63, 3.8) is 0 Å². The number of rotatable bonds is 4. The van der Waals surface area contributed by atoms with E-state index >= 15 is 0 Å². The Morgan fingerprint density at radius 3 is 2.31 bits per heavy atom. The molecule has 1 rings (SSSR count). The molecule has 0 radical (unpaired) electrons. The molecule has 1 N–H and O–H groups in total. The van der Waals surface area contributed by atoms with Crippen LogP contribution in [0, 0.1) is 11.3 Å². The minimum atomic E-state index is 0.348. The van der Waals surface area contributed by atoms with Gasteiger partial charge in [-0.1, -0.05) is 20.8 Å². The number of hydrogen-bond acceptors (Lipinski definition) is 2. The highest BCUT2D eigenvalue weighted by atomic mass is 15.2. The van der Waals surface area contributed by atoms with Gasteiger partial charge in [0.1, 0.15) is 0 Å². The van der Waals surface area contributed by atoms with Gasteiger partial charge >= 0.3 is 0 Å². The van der Waals surface area contributed by atoms with Gasteiger partial charge in [-0.05, 0) is 58.2 Å². The van der Waals surface area contributed by atoms with Gasteiger partial charge in [0.25, 0.3) is 0 Å². The predicted octanol–water partition coefficient (Wildman–Crippen LogP) is 2.74. The van der Waals surface area contributed by atoms with Gasteiger partial charge in [0, 0.05) is 12.1 Å². The van der Waals surface area contributed by atoms with Crippen LogP contribution in [0.5, 0.6) is 0 Å². The Morgan fingerprint density at radius 1 is 1.19 bits per heavy atom. The van der Waals surface area contributed by atoms with E-state index in [1.54, 1.807) is 0 Å². The number of likely N-dealkylation sites (tertiary alicyclic amines) is 1. The maximum Gasteiger partial charge on any atom is 0.0158 e. The lowest BCUT2D eigenvalue weighted by molar-refractivity contribution is 0.0978. The quantitative estimate of drug-likeness (QED) is 0.793. The monoisotopic (exact) mass is 226 g/mol. The Labute approximate surface area is 102 Å². The molecule has 0 aromatic rings. The van der Waals surface area contributed by atoms with Gasteiger partial charge in [0.2, 0.25) is 0 Å². The summed E-state index contributed by atoms with van der Waals surface area (Å²) in [6.45, 7) is 15.5. The van der Waals surface area contributed by atoms with Crippen molar-refractivity contribution in [2.24, 2.45) is 11.3 Å². The second-order valence-electron chi connectivity index (χ2n) is 7.21. The van der Waals surface area contributed by atoms with Crippen LogP contribution < -0.4 is 5.32 Å². The Balaban J connectivity index is 2.51. The molecule has 2 heteroatoms. The summed E-state index contributed by atoms with van der Waals surface area (Å²) in [5.74, 6) is 0.851. The summed E-state index contributed by atoms with van der Waals surface area (Å²) in [4.78, 5) is 2.68. The van der Waals surface area contributed by atoms with Crippen LogP contribution >= 0.6 is 0 Å². The van der Waals surface area contributed by atoms with Crippen molar-refractivity contribution in [2.45, 2.75) is 53.0 Å². The molecule has 1 aliphatic heterocycles. The molecular weight excluding hydrogens is 196 g/mol. The second kappa shape index (κ2) is 5.05. The molecule has 0 aromatic carbocycles. The highest BCUT2D eigenvalue weighted by molar-refractivity contribution is 4.91. The molecule has 0 saturated carbocycles. The summed E-state index contributed by atoms with van der Waals surface area (Å²) < 4.78 is 0. The zero-order valence-corrected chi connectivity index (χ0v) is 12.1. The minimum Gasteiger partial charge on any atom is -0.319 e. The van der Waals surface area contributed by atoms with Crippen LogP contribution in [0.2, 0.25) is 0 Å². The van der Waals surface area contributed by atoms with Crippen molar-refractivity contribution in [1.82, 2.24) is 10.2 Å². The van der Waals surface area contributed by atoms with E-state index in [0.717, 1.165) is 5.92 Å². The van der Waals surface area contributed by atoms with Crippen LogP contribution in [-0.4, -0.2) is 37.1 Å². The van der Waals surface area contributed by atoms with Crippen LogP contribution in [0.4, 0.5) is 0 Å². The Morgan fingerprint density at radius 2 is 1.81 bits per heavy atom. The van der Waals surface area contributed by atoms with E-state index in [4.69, 9.17) is 0 Å². The molecule has 1 heterocycles. The smallest absolute Gasteiger partial charge is 0.0158 e. The van der Waals surface area contributed by atoms with Crippen LogP contribution in [0.15, 0.2) is 0 Å². The first-order chi connectivity index (χ1) is 7.24. The standard InChI is InChI=1S/C14H30N2/c1-13(2,3)11-14(4,5)16-8-7-12(10-16)9-15-6/h12,15H,7-11H2,1-6H3. The first-order valence-electron chi connectivity index (χ1n) is 6.64. The van der Waals surface area contributed by atoms with Gasteiger partial charge in [0.15, 0.2) is 0 Å². The first kappa shape index (κ1) is 14.0. The largest absolute Gasteiger partial charge is 0.319 e. The maximum absolute atomic E-state index is 3.30. The van der Waals surface area contributed by atoms with Gasteiger partial charge in [-0.25, -0.2) is 0 Å². The van der Waals surface area contributed by atoms with Crippen molar-refractivity contribution in [3.05, 3.63) is 0 Å². The van der Waals surface area contributed by atoms with E-state index in [2.05, 4.69) is 51.9 Å². The molecule has 96 valence electrons. The van der Waals surface area contributed by atoms with E-state index in [1.807, 2.05) is 0 Å². The molecule has 0 aliphatic carbocycles. The van der Waals surface area contributed by atoms with Crippen molar-refractivity contribution in [3.8, 4) is 0 Å². The van der Waals surface area contributed by atoms with Crippen LogP contribution in [0.1, 0.15) is 47.5 Å². The summed E-state index contributed by atoms with van der Waals surface area (Å²) in [5, 5.41) is 3.30. The SMILES string of the molecule is CNCC1CCN(C(C)(C)CC(C)(C)C)C1. The lowest BCUT2D eigenvalue weighted by Gasteiger charge is -2.40. The van der Waals surface area contributed by atoms with Gasteiger partial charge in [-0.3, -0.25) is 4.90 Å². The van der Waals surface area contributed by atoms with Gasteiger partial charge in [0.05, 0.1) is 0 Å². The fraction of sp³-hybridized carbons (Fsp3) is 1.00. The van der Waals surface area contributed by atoms with E-state index in [0.29, 0.717) is 11.0 Å². The average Bonchev–Trinajstić information content (AvgIpc) is 2.49. The number of nitrogens with zero attached hydrogens (tertiary/aromatic N) is 1. The predicted molar refractivity (Wildman–Crippen MR) is 71.8 cm³/mol. The Bertz CT molecular complexity index is 215. The fourth-order valence-corrected chi connectivity index (χ4v) is 3.25. The molecule has 16 heavy (non-hydrogen) atoms. The highest BCUT2D eigenvalue weighted by Crippen LogP contribution is 2.34. The van der Waals surface area contributed by atoms with Gasteiger partial charge in [-0.15, -0.1) is 0 Å². The number of hydrogen-bond donors (Lipinski definition) is 1. The van der Waals surface area contributed by atoms with Crippen molar-refractivity contribution < 1.29 is 0 Å². The van der Waals surface area contributed by atoms with E-state index in [-0.39, 0.29) is 0 Å². The molecule has 1 unspecified atom stereocenters. The summed E-state index contributed by atoms with van der Waals surface area (Å²) in [6.07, 6.45) is 2.63. The molecule has 1 saturated heterocycles. The fourth-order valence-electron chi connectivity index (χ4n) is 3.25. The molecule has 1 aliphatic rings. The van der Waals surface area contributed by atoms with Crippen molar-refractivity contribution in [1.29, 1.82) is 0 Å². The van der Waals surface area contributed by atoms with Crippen LogP contribution in [0.25, 0.3) is 0 Å². The Hall–Kier alpha value is -0.0800. The zero-order valence-electron chi connectivity index (χ0n) is 12.1. The minimum absolute atomic E-state index is 0.348. The van der Waals surface area contributed by atoms with Crippen molar-refractivity contribution in [2.75, 3.05) is 26.7 Å². The lowest BCUT2D eigenvalue weighted by Crippen LogP contribution is -2.45. The van der Waals surface area contributed by atoms with Crippen molar-refractivity contribution >= 4 is 0 Å². The third kappa shape index (κ3) is 4.06. The first-order valence-corrected chi connectivity index (χ1v) is 6.64. The van der Waals surface area contributed by atoms with Gasteiger partial charge in [-0.2, -0.15) is 0 Å². The van der Waals surface area contributed by atoms with E-state index in [1.165, 1.54) is 32.5 Å². The summed E-state index contributed by atoms with van der Waals surface area (Å²) in [6, 6.07) is 0. The summed E-state index contributed by atoms with van der Waals surface area (Å²) >= 11 is 0. The normalized spacial score (nSPS) is 24.0. The second-order valence-corrected chi connectivity index (χ2v) is 7.21. The average molecular weight is 226 g/mol. The molecule has 0 aromatic heterocycles. The van der Waals surface area contributed by atoms with Gasteiger partial charge < -0.3 is 5.32 Å². The summed E-state index contributed by atoms with van der Waals surface area (Å²) in [7, 11) is 2.06. The lowest BCUT2D eigenvalue weighted by atomic mass is 9.81. The number of nitrogens with one attached hydrogen (secondary N) is 1. The molecule has 0 amide bonds. The third-order valence-corrected chi connectivity index (χ3v) is 3.60. The molecule has 0 spiro atoms. The maximum atomic E-state index is 3.30. The Kier molecular flexibility index (Phi) is 4.42. The molecule has 1 atom stereocenters. The van der Waals surface area contributed by atoms with E-state index < -0.39 is 0 Å². The topological polar surface area (TPSA) is 15.3 Å². The van der Waals surface area contributed by atoms with Crippen LogP contribution in [0.3, 0.4) is 0 Å². The van der Waals surface area contributed by atoms with E-state index in [9.17, 15) is 0 Å². The molecule has 0 bridgehead atoms. The van der Waals surface area contributed by atoms with Crippen LogP contribution in [-0.2, 0) is 0 Å². The molecular formula is C14H30N2. The molecule has 2 nitrogen and oxygen atoms in total. The third-order valence-electron chi connectivity index (χ3n) is 3.60. The highest BCUT2D eigenvalue weighted by Gasteiger charge is 2.35. The summed E-state index contributed by atoms with van der Waals surface area (Å²) in [5.41, 5.74) is 0.769. The molecule has 1 fully saturated rings.